The van der Waals surface area contributed by atoms with Crippen LogP contribution in [-0.2, 0) is 4.79 Å². The van der Waals surface area contributed by atoms with Crippen LogP contribution >= 0.6 is 0 Å². The molecule has 1 amide bonds. The van der Waals surface area contributed by atoms with Gasteiger partial charge in [0, 0.05) is 13.1 Å². The molecule has 0 bridgehead atoms. The molecule has 0 aromatic rings. The number of carbonyl (C=O) groups is 1. The van der Waals surface area contributed by atoms with E-state index in [0.29, 0.717) is 0 Å². The Morgan fingerprint density at radius 1 is 1.47 bits per heavy atom. The van der Waals surface area contributed by atoms with Crippen LogP contribution in [0, 0.1) is 11.3 Å². The van der Waals surface area contributed by atoms with Crippen molar-refractivity contribution in [2.24, 2.45) is 17.1 Å². The van der Waals surface area contributed by atoms with Crippen molar-refractivity contribution in [3.8, 4) is 0 Å². The molecule has 0 heterocycles. The number of hydrogen-bond acceptors (Lipinski definition) is 2. The molecule has 1 atom stereocenters. The fourth-order valence-corrected chi connectivity index (χ4v) is 1.55. The fourth-order valence-electron chi connectivity index (χ4n) is 1.55. The maximum Gasteiger partial charge on any atom is 0.240 e. The molecule has 1 aliphatic carbocycles. The lowest BCUT2D eigenvalue weighted by atomic mass is 9.86. The third kappa shape index (κ3) is 3.49. The summed E-state index contributed by atoms with van der Waals surface area (Å²) >= 11 is 0. The minimum atomic E-state index is -0.379. The van der Waals surface area contributed by atoms with Crippen molar-refractivity contribution in [3.05, 3.63) is 0 Å². The van der Waals surface area contributed by atoms with Gasteiger partial charge < -0.3 is 10.6 Å². The molecule has 0 spiro atoms. The minimum absolute atomic E-state index is 0.108. The molecule has 15 heavy (non-hydrogen) atoms. The van der Waals surface area contributed by atoms with Crippen molar-refractivity contribution in [2.45, 2.75) is 46.6 Å². The number of carbonyl (C=O) groups excluding carboxylic acids is 1. The average Bonchev–Trinajstić information content (AvgIpc) is 2.94. The van der Waals surface area contributed by atoms with E-state index >= 15 is 0 Å². The second kappa shape index (κ2) is 4.52. The number of nitrogens with zero attached hydrogens (tertiary/aromatic N) is 1. The molecule has 0 radical (unpaired) electrons. The van der Waals surface area contributed by atoms with Crippen LogP contribution in [0.2, 0.25) is 0 Å². The standard InChI is InChI=1S/C12H24N2O/c1-5-14(8-9-6-7-9)11(15)10(13)12(2,3)4/h9-10H,5-8,13H2,1-4H3/t10-/m0/s1. The first-order valence-electron chi connectivity index (χ1n) is 5.90. The molecule has 88 valence electrons. The van der Waals surface area contributed by atoms with Crippen LogP contribution in [0.5, 0.6) is 0 Å². The molecule has 1 rings (SSSR count). The van der Waals surface area contributed by atoms with Crippen molar-refractivity contribution in [1.29, 1.82) is 0 Å². The van der Waals surface area contributed by atoms with Gasteiger partial charge in [0.2, 0.25) is 5.91 Å². The molecule has 3 heteroatoms. The van der Waals surface area contributed by atoms with Crippen LogP contribution in [0.4, 0.5) is 0 Å². The van der Waals surface area contributed by atoms with Gasteiger partial charge in [0.1, 0.15) is 0 Å². The van der Waals surface area contributed by atoms with Crippen LogP contribution < -0.4 is 5.73 Å². The van der Waals surface area contributed by atoms with E-state index in [4.69, 9.17) is 5.73 Å². The molecular formula is C12H24N2O. The molecule has 0 aliphatic heterocycles. The van der Waals surface area contributed by atoms with Gasteiger partial charge >= 0.3 is 0 Å². The van der Waals surface area contributed by atoms with E-state index in [9.17, 15) is 4.79 Å². The lowest BCUT2D eigenvalue weighted by Crippen LogP contribution is -2.50. The van der Waals surface area contributed by atoms with E-state index < -0.39 is 0 Å². The normalized spacial score (nSPS) is 18.7. The van der Waals surface area contributed by atoms with Crippen LogP contribution in [-0.4, -0.2) is 29.9 Å². The lowest BCUT2D eigenvalue weighted by Gasteiger charge is -2.31. The van der Waals surface area contributed by atoms with Crippen LogP contribution in [0.15, 0.2) is 0 Å². The Hall–Kier alpha value is -0.570. The van der Waals surface area contributed by atoms with Gasteiger partial charge in [-0.2, -0.15) is 0 Å². The molecule has 1 fully saturated rings. The van der Waals surface area contributed by atoms with Crippen LogP contribution in [0.3, 0.4) is 0 Å². The molecule has 2 N–H and O–H groups in total. The highest BCUT2D eigenvalue weighted by Gasteiger charge is 2.33. The van der Waals surface area contributed by atoms with Crippen molar-refractivity contribution in [2.75, 3.05) is 13.1 Å². The Labute approximate surface area is 93.0 Å². The van der Waals surface area contributed by atoms with Gasteiger partial charge in [-0.15, -0.1) is 0 Å². The first-order valence-corrected chi connectivity index (χ1v) is 5.90. The molecule has 1 saturated carbocycles. The molecule has 0 aromatic carbocycles. The highest BCUT2D eigenvalue weighted by molar-refractivity contribution is 5.82. The minimum Gasteiger partial charge on any atom is -0.341 e. The largest absolute Gasteiger partial charge is 0.341 e. The Balaban J connectivity index is 2.54. The Kier molecular flexibility index (Phi) is 3.77. The van der Waals surface area contributed by atoms with Gasteiger partial charge in [-0.1, -0.05) is 20.8 Å². The summed E-state index contributed by atoms with van der Waals surface area (Å²) in [6, 6.07) is -0.379. The predicted octanol–water partition coefficient (Wildman–Crippen LogP) is 1.62. The van der Waals surface area contributed by atoms with Crippen LogP contribution in [0.1, 0.15) is 40.5 Å². The summed E-state index contributed by atoms with van der Waals surface area (Å²) in [4.78, 5) is 14.0. The molecule has 1 aliphatic rings. The SMILES string of the molecule is CCN(CC1CC1)C(=O)[C@H](N)C(C)(C)C. The quantitative estimate of drug-likeness (QED) is 0.769. The monoisotopic (exact) mass is 212 g/mol. The van der Waals surface area contributed by atoms with Gasteiger partial charge in [0.25, 0.3) is 0 Å². The Morgan fingerprint density at radius 2 is 2.00 bits per heavy atom. The predicted molar refractivity (Wildman–Crippen MR) is 62.4 cm³/mol. The van der Waals surface area contributed by atoms with Gasteiger partial charge in [-0.3, -0.25) is 4.79 Å². The maximum atomic E-state index is 12.1. The Morgan fingerprint density at radius 3 is 2.33 bits per heavy atom. The number of nitrogens with two attached hydrogens (primary N) is 1. The molecule has 0 unspecified atom stereocenters. The summed E-state index contributed by atoms with van der Waals surface area (Å²) in [6.07, 6.45) is 2.54. The number of rotatable bonds is 4. The third-order valence-corrected chi connectivity index (χ3v) is 3.07. The number of hydrogen-bond donors (Lipinski definition) is 1. The zero-order valence-corrected chi connectivity index (χ0v) is 10.4. The van der Waals surface area contributed by atoms with Gasteiger partial charge in [0.05, 0.1) is 6.04 Å². The van der Waals surface area contributed by atoms with Crippen molar-refractivity contribution in [1.82, 2.24) is 4.90 Å². The molecule has 3 nitrogen and oxygen atoms in total. The molecular weight excluding hydrogens is 188 g/mol. The lowest BCUT2D eigenvalue weighted by molar-refractivity contribution is -0.135. The van der Waals surface area contributed by atoms with E-state index in [-0.39, 0.29) is 17.4 Å². The van der Waals surface area contributed by atoms with Crippen molar-refractivity contribution in [3.63, 3.8) is 0 Å². The smallest absolute Gasteiger partial charge is 0.240 e. The zero-order valence-electron chi connectivity index (χ0n) is 10.4. The van der Waals surface area contributed by atoms with E-state index in [0.717, 1.165) is 19.0 Å². The summed E-state index contributed by atoms with van der Waals surface area (Å²) in [5.41, 5.74) is 5.83. The summed E-state index contributed by atoms with van der Waals surface area (Å²) in [5.74, 6) is 0.845. The van der Waals surface area contributed by atoms with Crippen molar-refractivity contribution < 1.29 is 4.79 Å². The molecule has 0 aromatic heterocycles. The summed E-state index contributed by atoms with van der Waals surface area (Å²) in [6.45, 7) is 9.75. The Bertz CT molecular complexity index is 228. The van der Waals surface area contributed by atoms with Gasteiger partial charge in [0.15, 0.2) is 0 Å². The van der Waals surface area contributed by atoms with E-state index in [1.807, 2.05) is 32.6 Å². The second-order valence-electron chi connectivity index (χ2n) is 5.66. The third-order valence-electron chi connectivity index (χ3n) is 3.07. The molecule has 0 saturated heterocycles. The number of amides is 1. The van der Waals surface area contributed by atoms with Crippen LogP contribution in [0.25, 0.3) is 0 Å². The van der Waals surface area contributed by atoms with E-state index in [1.165, 1.54) is 12.8 Å². The van der Waals surface area contributed by atoms with Gasteiger partial charge in [-0.05, 0) is 31.1 Å². The second-order valence-corrected chi connectivity index (χ2v) is 5.66. The summed E-state index contributed by atoms with van der Waals surface area (Å²) in [5, 5.41) is 0. The fraction of sp³-hybridized carbons (Fsp3) is 0.917. The van der Waals surface area contributed by atoms with E-state index in [2.05, 4.69) is 0 Å². The highest BCUT2D eigenvalue weighted by atomic mass is 16.2. The average molecular weight is 212 g/mol. The first kappa shape index (κ1) is 12.5. The summed E-state index contributed by atoms with van der Waals surface area (Å²) < 4.78 is 0. The first-order chi connectivity index (χ1) is 6.86. The zero-order chi connectivity index (χ0) is 11.6. The maximum absolute atomic E-state index is 12.1. The number of likely N-dealkylation sites (N-methyl/N-ethyl adjacent to an activating group) is 1. The van der Waals surface area contributed by atoms with Gasteiger partial charge in [-0.25, -0.2) is 0 Å². The van der Waals surface area contributed by atoms with Crippen molar-refractivity contribution >= 4 is 5.91 Å². The highest BCUT2D eigenvalue weighted by Crippen LogP contribution is 2.30. The topological polar surface area (TPSA) is 46.3 Å². The summed E-state index contributed by atoms with van der Waals surface area (Å²) in [7, 11) is 0. The van der Waals surface area contributed by atoms with E-state index in [1.54, 1.807) is 0 Å².